The fourth-order valence-corrected chi connectivity index (χ4v) is 2.68. The van der Waals surface area contributed by atoms with Crippen LogP contribution in [0.3, 0.4) is 0 Å². The van der Waals surface area contributed by atoms with E-state index in [1.807, 2.05) is 48.7 Å². The molecule has 27 heavy (non-hydrogen) atoms. The van der Waals surface area contributed by atoms with Crippen molar-refractivity contribution in [3.63, 3.8) is 0 Å². The second kappa shape index (κ2) is 7.17. The van der Waals surface area contributed by atoms with Crippen molar-refractivity contribution in [3.05, 3.63) is 67.0 Å². The van der Waals surface area contributed by atoms with Crippen LogP contribution in [0.1, 0.15) is 6.92 Å². The minimum absolute atomic E-state index is 0.127. The van der Waals surface area contributed by atoms with E-state index in [2.05, 4.69) is 25.6 Å². The Bertz CT molecular complexity index is 1110. The molecular weight excluding hydrogens is 342 g/mol. The zero-order valence-electron chi connectivity index (χ0n) is 14.6. The van der Waals surface area contributed by atoms with Crippen LogP contribution >= 0.6 is 0 Å². The Balaban J connectivity index is 1.51. The van der Waals surface area contributed by atoms with Crippen molar-refractivity contribution in [2.24, 2.45) is 0 Å². The average molecular weight is 359 g/mol. The summed E-state index contributed by atoms with van der Waals surface area (Å²) in [6, 6.07) is 16.8. The van der Waals surface area contributed by atoms with E-state index < -0.39 is 0 Å². The molecule has 0 fully saturated rings. The molecule has 0 saturated carbocycles. The number of aromatic amines is 1. The molecule has 1 amide bonds. The first-order chi connectivity index (χ1) is 13.2. The molecule has 134 valence electrons. The Kier molecular flexibility index (Phi) is 4.40. The number of nitrogens with one attached hydrogen (secondary N) is 3. The quantitative estimate of drug-likeness (QED) is 0.489. The average Bonchev–Trinajstić information content (AvgIpc) is 3.09. The van der Waals surface area contributed by atoms with Gasteiger partial charge in [-0.1, -0.05) is 6.07 Å². The molecule has 0 aliphatic heterocycles. The van der Waals surface area contributed by atoms with E-state index in [1.165, 1.54) is 6.92 Å². The smallest absolute Gasteiger partial charge is 0.230 e. The normalized spacial score (nSPS) is 10.6. The molecule has 0 spiro atoms. The molecule has 7 heteroatoms. The highest BCUT2D eigenvalue weighted by atomic mass is 16.5. The lowest BCUT2D eigenvalue weighted by Gasteiger charge is -2.09. The maximum Gasteiger partial charge on any atom is 0.230 e. The lowest BCUT2D eigenvalue weighted by Crippen LogP contribution is -2.06. The first kappa shape index (κ1) is 16.6. The molecule has 0 unspecified atom stereocenters. The van der Waals surface area contributed by atoms with Gasteiger partial charge in [-0.3, -0.25) is 4.79 Å². The number of carbonyl (C=O) groups excluding carboxylic acids is 1. The Hall–Kier alpha value is -3.87. The van der Waals surface area contributed by atoms with E-state index in [0.717, 1.165) is 16.6 Å². The van der Waals surface area contributed by atoms with Gasteiger partial charge < -0.3 is 20.4 Å². The van der Waals surface area contributed by atoms with Gasteiger partial charge in [0.25, 0.3) is 0 Å². The molecule has 0 aliphatic carbocycles. The number of ether oxygens (including phenoxy) is 1. The molecule has 4 aromatic rings. The van der Waals surface area contributed by atoms with Crippen LogP contribution in [0.4, 0.5) is 17.3 Å². The molecule has 0 aliphatic rings. The van der Waals surface area contributed by atoms with Crippen LogP contribution in [0, 0.1) is 0 Å². The van der Waals surface area contributed by atoms with Crippen LogP contribution in [0.25, 0.3) is 10.9 Å². The zero-order chi connectivity index (χ0) is 18.6. The van der Waals surface area contributed by atoms with E-state index in [1.54, 1.807) is 18.3 Å². The first-order valence-corrected chi connectivity index (χ1v) is 8.38. The number of rotatable bonds is 5. The summed E-state index contributed by atoms with van der Waals surface area (Å²) >= 11 is 0. The minimum atomic E-state index is -0.127. The highest BCUT2D eigenvalue weighted by Crippen LogP contribution is 2.25. The van der Waals surface area contributed by atoms with E-state index in [9.17, 15) is 4.79 Å². The number of anilines is 3. The number of benzene rings is 2. The predicted molar refractivity (Wildman–Crippen MR) is 104 cm³/mol. The highest BCUT2D eigenvalue weighted by molar-refractivity contribution is 5.89. The SMILES string of the molecule is CC(=O)Nc1cccc(Nc2nccc(Oc3ccc4[nH]ccc4c3)n2)c1. The third-order valence-corrected chi connectivity index (χ3v) is 3.82. The van der Waals surface area contributed by atoms with Crippen LogP contribution in [-0.4, -0.2) is 20.9 Å². The van der Waals surface area contributed by atoms with Gasteiger partial charge in [0.15, 0.2) is 0 Å². The Morgan fingerprint density at radius 2 is 1.96 bits per heavy atom. The van der Waals surface area contributed by atoms with Crippen molar-refractivity contribution in [2.75, 3.05) is 10.6 Å². The molecule has 7 nitrogen and oxygen atoms in total. The number of H-pyrrole nitrogens is 1. The Morgan fingerprint density at radius 3 is 2.85 bits per heavy atom. The van der Waals surface area contributed by atoms with E-state index >= 15 is 0 Å². The Labute approximate surface area is 155 Å². The van der Waals surface area contributed by atoms with Crippen LogP contribution < -0.4 is 15.4 Å². The van der Waals surface area contributed by atoms with Gasteiger partial charge >= 0.3 is 0 Å². The van der Waals surface area contributed by atoms with Crippen LogP contribution in [0.5, 0.6) is 11.6 Å². The number of nitrogens with zero attached hydrogens (tertiary/aromatic N) is 2. The second-order valence-corrected chi connectivity index (χ2v) is 5.93. The van der Waals surface area contributed by atoms with Crippen LogP contribution in [0.15, 0.2) is 67.0 Å². The topological polar surface area (TPSA) is 91.9 Å². The van der Waals surface area contributed by atoms with Gasteiger partial charge in [-0.15, -0.1) is 0 Å². The summed E-state index contributed by atoms with van der Waals surface area (Å²) in [7, 11) is 0. The van der Waals surface area contributed by atoms with E-state index in [0.29, 0.717) is 23.3 Å². The minimum Gasteiger partial charge on any atom is -0.439 e. The highest BCUT2D eigenvalue weighted by Gasteiger charge is 2.05. The molecular formula is C20H17N5O2. The first-order valence-electron chi connectivity index (χ1n) is 8.38. The number of hydrogen-bond acceptors (Lipinski definition) is 5. The molecule has 0 atom stereocenters. The monoisotopic (exact) mass is 359 g/mol. The maximum atomic E-state index is 11.2. The van der Waals surface area contributed by atoms with Gasteiger partial charge in [-0.2, -0.15) is 4.98 Å². The molecule has 0 saturated heterocycles. The van der Waals surface area contributed by atoms with E-state index in [4.69, 9.17) is 4.74 Å². The summed E-state index contributed by atoms with van der Waals surface area (Å²) in [6.07, 6.45) is 3.51. The van der Waals surface area contributed by atoms with Crippen molar-refractivity contribution in [3.8, 4) is 11.6 Å². The van der Waals surface area contributed by atoms with Crippen molar-refractivity contribution in [1.29, 1.82) is 0 Å². The molecule has 4 rings (SSSR count). The van der Waals surface area contributed by atoms with Crippen molar-refractivity contribution < 1.29 is 9.53 Å². The van der Waals surface area contributed by atoms with Crippen LogP contribution in [0.2, 0.25) is 0 Å². The van der Waals surface area contributed by atoms with Gasteiger partial charge in [0.1, 0.15) is 5.75 Å². The van der Waals surface area contributed by atoms with Crippen molar-refractivity contribution in [2.45, 2.75) is 6.92 Å². The molecule has 0 radical (unpaired) electrons. The van der Waals surface area contributed by atoms with Crippen molar-refractivity contribution in [1.82, 2.24) is 15.0 Å². The molecule has 0 bridgehead atoms. The second-order valence-electron chi connectivity index (χ2n) is 5.93. The van der Waals surface area contributed by atoms with Crippen molar-refractivity contribution >= 4 is 34.1 Å². The number of aromatic nitrogens is 3. The predicted octanol–water partition coefficient (Wildman–Crippen LogP) is 4.45. The standard InChI is InChI=1S/C20H17N5O2/c1-13(26)23-15-3-2-4-16(12-15)24-20-22-10-8-19(25-20)27-17-5-6-18-14(11-17)7-9-21-18/h2-12,21H,1H3,(H,23,26)(H,22,24,25). The number of amides is 1. The molecule has 2 heterocycles. The van der Waals surface area contributed by atoms with Crippen LogP contribution in [-0.2, 0) is 4.79 Å². The number of fused-ring (bicyclic) bond motifs is 1. The van der Waals surface area contributed by atoms with Gasteiger partial charge in [0.05, 0.1) is 0 Å². The number of carbonyl (C=O) groups is 1. The third-order valence-electron chi connectivity index (χ3n) is 3.82. The zero-order valence-corrected chi connectivity index (χ0v) is 14.6. The third kappa shape index (κ3) is 4.04. The maximum absolute atomic E-state index is 11.2. The Morgan fingerprint density at radius 1 is 1.07 bits per heavy atom. The lowest BCUT2D eigenvalue weighted by molar-refractivity contribution is -0.114. The summed E-state index contributed by atoms with van der Waals surface area (Å²) in [5.74, 6) is 1.40. The van der Waals surface area contributed by atoms with Gasteiger partial charge in [0, 0.05) is 47.7 Å². The number of hydrogen-bond donors (Lipinski definition) is 3. The molecule has 2 aromatic heterocycles. The summed E-state index contributed by atoms with van der Waals surface area (Å²) in [5.41, 5.74) is 2.50. The molecule has 3 N–H and O–H groups in total. The lowest BCUT2D eigenvalue weighted by atomic mass is 10.2. The fraction of sp³-hybridized carbons (Fsp3) is 0.0500. The molecule has 2 aromatic carbocycles. The largest absolute Gasteiger partial charge is 0.439 e. The fourth-order valence-electron chi connectivity index (χ4n) is 2.68. The van der Waals surface area contributed by atoms with E-state index in [-0.39, 0.29) is 5.91 Å². The summed E-state index contributed by atoms with van der Waals surface area (Å²) in [4.78, 5) is 22.9. The summed E-state index contributed by atoms with van der Waals surface area (Å²) in [6.45, 7) is 1.47. The van der Waals surface area contributed by atoms with Gasteiger partial charge in [0.2, 0.25) is 17.7 Å². The summed E-state index contributed by atoms with van der Waals surface area (Å²) < 4.78 is 5.85. The summed E-state index contributed by atoms with van der Waals surface area (Å²) in [5, 5.41) is 6.92. The van der Waals surface area contributed by atoms with Gasteiger partial charge in [-0.25, -0.2) is 4.98 Å². The van der Waals surface area contributed by atoms with Gasteiger partial charge in [-0.05, 0) is 42.5 Å².